The second kappa shape index (κ2) is 5.74. The van der Waals surface area contributed by atoms with E-state index in [2.05, 4.69) is 22.0 Å². The minimum atomic E-state index is -0.178. The Morgan fingerprint density at radius 1 is 1.67 bits per heavy atom. The number of aromatic nitrogens is 3. The molecule has 0 amide bonds. The third-order valence-electron chi connectivity index (χ3n) is 2.04. The van der Waals surface area contributed by atoms with Crippen LogP contribution < -0.4 is 10.9 Å². The molecule has 0 aliphatic carbocycles. The molecule has 96 valence electrons. The molecule has 1 N–H and O–H groups in total. The fourth-order valence-corrected chi connectivity index (χ4v) is 2.09. The van der Waals surface area contributed by atoms with Gasteiger partial charge in [0.05, 0.1) is 13.2 Å². The van der Waals surface area contributed by atoms with Gasteiger partial charge in [0.1, 0.15) is 0 Å². The molecule has 6 nitrogen and oxygen atoms in total. The van der Waals surface area contributed by atoms with Crippen molar-refractivity contribution in [2.24, 2.45) is 0 Å². The first-order valence-corrected chi connectivity index (χ1v) is 6.29. The summed E-state index contributed by atoms with van der Waals surface area (Å²) in [6.45, 7) is 7.41. The van der Waals surface area contributed by atoms with Crippen molar-refractivity contribution >= 4 is 21.4 Å². The van der Waals surface area contributed by atoms with Crippen LogP contribution >= 0.6 is 11.3 Å². The van der Waals surface area contributed by atoms with Crippen molar-refractivity contribution in [1.82, 2.24) is 14.6 Å². The van der Waals surface area contributed by atoms with Gasteiger partial charge in [-0.05, 0) is 6.92 Å². The third kappa shape index (κ3) is 3.14. The SMILES string of the molecule is C=C(C)COCCNc1nn2c(=O)ccnc2s1. The second-order valence-electron chi connectivity index (χ2n) is 3.82. The minimum Gasteiger partial charge on any atom is -0.375 e. The van der Waals surface area contributed by atoms with E-state index >= 15 is 0 Å². The van der Waals surface area contributed by atoms with Gasteiger partial charge in [-0.3, -0.25) is 4.79 Å². The standard InChI is InChI=1S/C11H14N4O2S/c1-8(2)7-17-6-5-12-10-14-15-9(16)3-4-13-11(15)18-10/h3-4H,1,5-7H2,2H3,(H,12,14). The smallest absolute Gasteiger partial charge is 0.275 e. The number of fused-ring (bicyclic) bond motifs is 1. The molecule has 0 unspecified atom stereocenters. The summed E-state index contributed by atoms with van der Waals surface area (Å²) < 4.78 is 6.62. The molecular formula is C11H14N4O2S. The van der Waals surface area contributed by atoms with Crippen molar-refractivity contribution in [1.29, 1.82) is 0 Å². The molecule has 0 aliphatic rings. The average Bonchev–Trinajstić information content (AvgIpc) is 2.72. The Hall–Kier alpha value is -1.73. The zero-order valence-electron chi connectivity index (χ0n) is 10.0. The summed E-state index contributed by atoms with van der Waals surface area (Å²) in [6, 6.07) is 1.38. The molecule has 0 saturated carbocycles. The van der Waals surface area contributed by atoms with Crippen LogP contribution in [-0.2, 0) is 4.74 Å². The van der Waals surface area contributed by atoms with E-state index in [0.29, 0.717) is 29.9 Å². The lowest BCUT2D eigenvalue weighted by atomic mass is 10.4. The topological polar surface area (TPSA) is 68.5 Å². The first-order valence-electron chi connectivity index (χ1n) is 5.48. The van der Waals surface area contributed by atoms with Crippen LogP contribution in [0.1, 0.15) is 6.92 Å². The normalized spacial score (nSPS) is 10.7. The lowest BCUT2D eigenvalue weighted by Gasteiger charge is -2.03. The molecule has 0 radical (unpaired) electrons. The van der Waals surface area contributed by atoms with Crippen LogP contribution in [0.2, 0.25) is 0 Å². The third-order valence-corrected chi connectivity index (χ3v) is 2.92. The maximum absolute atomic E-state index is 11.4. The van der Waals surface area contributed by atoms with Gasteiger partial charge < -0.3 is 10.1 Å². The Balaban J connectivity index is 1.90. The number of nitrogens with zero attached hydrogens (tertiary/aromatic N) is 3. The van der Waals surface area contributed by atoms with Crippen LogP contribution in [-0.4, -0.2) is 34.4 Å². The van der Waals surface area contributed by atoms with E-state index < -0.39 is 0 Å². The monoisotopic (exact) mass is 266 g/mol. The Kier molecular flexibility index (Phi) is 4.06. The van der Waals surface area contributed by atoms with E-state index in [1.54, 1.807) is 0 Å². The van der Waals surface area contributed by atoms with Crippen molar-refractivity contribution in [2.75, 3.05) is 25.1 Å². The van der Waals surface area contributed by atoms with E-state index in [0.717, 1.165) is 5.57 Å². The molecule has 0 aromatic carbocycles. The van der Waals surface area contributed by atoms with Gasteiger partial charge in [0, 0.05) is 18.8 Å². The van der Waals surface area contributed by atoms with Crippen LogP contribution in [0, 0.1) is 0 Å². The molecule has 18 heavy (non-hydrogen) atoms. The highest BCUT2D eigenvalue weighted by Gasteiger charge is 2.04. The van der Waals surface area contributed by atoms with Crippen LogP contribution in [0.25, 0.3) is 4.96 Å². The lowest BCUT2D eigenvalue weighted by Crippen LogP contribution is -2.14. The van der Waals surface area contributed by atoms with E-state index in [-0.39, 0.29) is 5.56 Å². The maximum Gasteiger partial charge on any atom is 0.275 e. The van der Waals surface area contributed by atoms with Crippen molar-refractivity contribution < 1.29 is 4.74 Å². The van der Waals surface area contributed by atoms with Crippen molar-refractivity contribution in [3.63, 3.8) is 0 Å². The number of nitrogens with one attached hydrogen (secondary N) is 1. The fraction of sp³-hybridized carbons (Fsp3) is 0.364. The Labute approximate surface area is 108 Å². The van der Waals surface area contributed by atoms with Gasteiger partial charge in [-0.2, -0.15) is 4.52 Å². The van der Waals surface area contributed by atoms with Gasteiger partial charge in [-0.1, -0.05) is 23.5 Å². The van der Waals surface area contributed by atoms with Gasteiger partial charge in [0.2, 0.25) is 10.1 Å². The molecular weight excluding hydrogens is 252 g/mol. The molecule has 0 fully saturated rings. The first-order chi connectivity index (χ1) is 8.66. The molecule has 7 heteroatoms. The molecule has 2 aromatic heterocycles. The Morgan fingerprint density at radius 3 is 3.22 bits per heavy atom. The maximum atomic E-state index is 11.4. The van der Waals surface area contributed by atoms with Crippen LogP contribution in [0.5, 0.6) is 0 Å². The summed E-state index contributed by atoms with van der Waals surface area (Å²) in [5.41, 5.74) is 0.813. The second-order valence-corrected chi connectivity index (χ2v) is 4.78. The molecule has 0 atom stereocenters. The summed E-state index contributed by atoms with van der Waals surface area (Å²) in [4.78, 5) is 16.1. The van der Waals surface area contributed by atoms with Crippen LogP contribution in [0.4, 0.5) is 5.13 Å². The molecule has 2 heterocycles. The van der Waals surface area contributed by atoms with E-state index in [1.807, 2.05) is 6.92 Å². The van der Waals surface area contributed by atoms with Gasteiger partial charge in [0.15, 0.2) is 0 Å². The molecule has 0 bridgehead atoms. The summed E-state index contributed by atoms with van der Waals surface area (Å²) in [5.74, 6) is 0. The Bertz CT molecular complexity index is 604. The highest BCUT2D eigenvalue weighted by atomic mass is 32.1. The fourth-order valence-electron chi connectivity index (χ4n) is 1.29. The number of anilines is 1. The number of hydrogen-bond acceptors (Lipinski definition) is 6. The highest BCUT2D eigenvalue weighted by Crippen LogP contribution is 2.14. The first kappa shape index (κ1) is 12.7. The lowest BCUT2D eigenvalue weighted by molar-refractivity contribution is 0.167. The zero-order valence-corrected chi connectivity index (χ0v) is 10.9. The van der Waals surface area contributed by atoms with Crippen LogP contribution in [0.15, 0.2) is 29.2 Å². The Morgan fingerprint density at radius 2 is 2.50 bits per heavy atom. The molecule has 0 spiro atoms. The van der Waals surface area contributed by atoms with Crippen molar-refractivity contribution in [3.05, 3.63) is 34.8 Å². The predicted octanol–water partition coefficient (Wildman–Crippen LogP) is 1.16. The number of hydrogen-bond donors (Lipinski definition) is 1. The quantitative estimate of drug-likeness (QED) is 0.627. The van der Waals surface area contributed by atoms with Crippen molar-refractivity contribution in [3.8, 4) is 0 Å². The zero-order chi connectivity index (χ0) is 13.0. The number of rotatable bonds is 6. The summed E-state index contributed by atoms with van der Waals surface area (Å²) in [6.07, 6.45) is 1.48. The van der Waals surface area contributed by atoms with E-state index in [1.165, 1.54) is 28.1 Å². The molecule has 2 rings (SSSR count). The van der Waals surface area contributed by atoms with Gasteiger partial charge in [0.25, 0.3) is 5.56 Å². The minimum absolute atomic E-state index is 0.178. The van der Waals surface area contributed by atoms with E-state index in [4.69, 9.17) is 4.74 Å². The summed E-state index contributed by atoms with van der Waals surface area (Å²) in [7, 11) is 0. The van der Waals surface area contributed by atoms with Gasteiger partial charge in [-0.15, -0.1) is 5.10 Å². The summed E-state index contributed by atoms with van der Waals surface area (Å²) >= 11 is 1.33. The van der Waals surface area contributed by atoms with Crippen LogP contribution in [0.3, 0.4) is 0 Å². The largest absolute Gasteiger partial charge is 0.375 e. The van der Waals surface area contributed by atoms with Gasteiger partial charge in [-0.25, -0.2) is 4.98 Å². The van der Waals surface area contributed by atoms with Gasteiger partial charge >= 0.3 is 0 Å². The average molecular weight is 266 g/mol. The predicted molar refractivity (Wildman–Crippen MR) is 71.3 cm³/mol. The van der Waals surface area contributed by atoms with E-state index in [9.17, 15) is 4.79 Å². The molecule has 0 aliphatic heterocycles. The van der Waals surface area contributed by atoms with Crippen molar-refractivity contribution in [2.45, 2.75) is 6.92 Å². The molecule has 0 saturated heterocycles. The summed E-state index contributed by atoms with van der Waals surface area (Å²) in [5, 5.41) is 7.87. The highest BCUT2D eigenvalue weighted by molar-refractivity contribution is 7.20. The molecule has 2 aromatic rings. The number of ether oxygens (including phenoxy) is 1.